The third-order valence-corrected chi connectivity index (χ3v) is 9.56. The molecule has 0 saturated heterocycles. The number of hydrogen-bond acceptors (Lipinski definition) is 12. The van der Waals surface area contributed by atoms with Crippen molar-refractivity contribution in [2.24, 2.45) is 0 Å². The lowest BCUT2D eigenvalue weighted by Crippen LogP contribution is -2.31. The Labute approximate surface area is 262 Å². The summed E-state index contributed by atoms with van der Waals surface area (Å²) in [5.74, 6) is -3.27. The van der Waals surface area contributed by atoms with E-state index < -0.39 is 39.8 Å². The number of carbonyl (C=O) groups is 4. The van der Waals surface area contributed by atoms with Crippen molar-refractivity contribution < 1.29 is 38.1 Å². The van der Waals surface area contributed by atoms with Crippen LogP contribution in [0.5, 0.6) is 0 Å². The molecule has 0 aliphatic heterocycles. The normalized spacial score (nSPS) is 10.8. The van der Waals surface area contributed by atoms with Crippen LogP contribution in [0.1, 0.15) is 27.7 Å². The van der Waals surface area contributed by atoms with Crippen molar-refractivity contribution in [2.45, 2.75) is 46.6 Å². The van der Waals surface area contributed by atoms with Crippen LogP contribution in [0.4, 0.5) is 0 Å². The molecule has 228 valence electrons. The van der Waals surface area contributed by atoms with E-state index in [9.17, 15) is 24.0 Å². The van der Waals surface area contributed by atoms with Gasteiger partial charge in [-0.3, -0.25) is 24.0 Å². The molecule has 0 saturated carbocycles. The molecule has 3 rings (SSSR count). The van der Waals surface area contributed by atoms with E-state index >= 15 is 0 Å². The summed E-state index contributed by atoms with van der Waals surface area (Å²) in [5.41, 5.74) is 1.19. The van der Waals surface area contributed by atoms with E-state index in [0.29, 0.717) is 19.5 Å². The molecule has 12 heteroatoms. The van der Waals surface area contributed by atoms with Gasteiger partial charge in [-0.1, -0.05) is 84.2 Å². The Bertz CT molecular complexity index is 1330. The van der Waals surface area contributed by atoms with E-state index in [1.807, 2.05) is 0 Å². The number of esters is 4. The highest BCUT2D eigenvalue weighted by Gasteiger charge is 2.36. The molecule has 0 atom stereocenters. The smallest absolute Gasteiger partial charge is 0.331 e. The van der Waals surface area contributed by atoms with Crippen molar-refractivity contribution in [3.63, 3.8) is 0 Å². The molecule has 0 N–H and O–H groups in total. The van der Waals surface area contributed by atoms with Crippen LogP contribution in [0.15, 0.2) is 73.9 Å². The molecule has 0 aliphatic carbocycles. The van der Waals surface area contributed by atoms with Crippen LogP contribution < -0.4 is 5.43 Å². The van der Waals surface area contributed by atoms with E-state index in [0.717, 1.165) is 34.9 Å². The average Bonchev–Trinajstić information content (AvgIpc) is 2.99. The Morgan fingerprint density at radius 1 is 0.581 bits per heavy atom. The Kier molecular flexibility index (Phi) is 13.3. The standard InChI is InChI=1S/C31H32O9S3/c1-5-37-26(33)24(27(34)38-6-2)41-30-21(19-15-11-9-12-16-19)23(32)22(20-17-13-10-14-18-20)31(43-30)42-25(28(35)39-7-3)29(36)40-8-4/h9-18,24-25H,5-8H2,1-4H3. The highest BCUT2D eigenvalue weighted by Crippen LogP contribution is 2.45. The quantitative estimate of drug-likeness (QED) is 0.0941. The number of rotatable bonds is 14. The maximum atomic E-state index is 14.5. The first-order valence-corrected chi connectivity index (χ1v) is 16.2. The van der Waals surface area contributed by atoms with Gasteiger partial charge in [0.25, 0.3) is 0 Å². The van der Waals surface area contributed by atoms with E-state index in [4.69, 9.17) is 18.9 Å². The largest absolute Gasteiger partial charge is 0.465 e. The number of benzene rings is 2. The van der Waals surface area contributed by atoms with Gasteiger partial charge in [0.1, 0.15) is 0 Å². The second-order valence-corrected chi connectivity index (χ2v) is 12.3. The van der Waals surface area contributed by atoms with Crippen molar-refractivity contribution >= 4 is 58.7 Å². The SMILES string of the molecule is CCOC(=O)C(Sc1sc(SC(C(=O)OCC)C(=O)OCC)c(-c2ccccc2)c(=O)c1-c1ccccc1)C(=O)OCC. The predicted molar refractivity (Wildman–Crippen MR) is 167 cm³/mol. The Morgan fingerprint density at radius 2 is 0.884 bits per heavy atom. The van der Waals surface area contributed by atoms with Gasteiger partial charge in [0.05, 0.1) is 46.0 Å². The summed E-state index contributed by atoms with van der Waals surface area (Å²) in [6, 6.07) is 17.7. The molecular formula is C31H32O9S3. The first kappa shape index (κ1) is 33.9. The third-order valence-electron chi connectivity index (χ3n) is 5.63. The van der Waals surface area contributed by atoms with E-state index in [1.54, 1.807) is 88.4 Å². The van der Waals surface area contributed by atoms with Gasteiger partial charge in [-0.05, 0) is 38.8 Å². The first-order chi connectivity index (χ1) is 20.8. The second-order valence-electron chi connectivity index (χ2n) is 8.49. The van der Waals surface area contributed by atoms with Crippen LogP contribution in [0.3, 0.4) is 0 Å². The molecule has 3 aromatic rings. The molecular weight excluding hydrogens is 613 g/mol. The summed E-state index contributed by atoms with van der Waals surface area (Å²) in [7, 11) is 0. The molecule has 2 aromatic carbocycles. The number of carbonyl (C=O) groups excluding carboxylic acids is 4. The summed E-state index contributed by atoms with van der Waals surface area (Å²) < 4.78 is 21.3. The monoisotopic (exact) mass is 644 g/mol. The summed E-state index contributed by atoms with van der Waals surface area (Å²) in [6.07, 6.45) is 0. The minimum atomic E-state index is -1.43. The van der Waals surface area contributed by atoms with Crippen molar-refractivity contribution in [3.05, 3.63) is 70.9 Å². The number of ether oxygens (including phenoxy) is 4. The Balaban J connectivity index is 2.34. The second kappa shape index (κ2) is 16.9. The number of hydrogen-bond donors (Lipinski definition) is 0. The summed E-state index contributed by atoms with van der Waals surface area (Å²) in [5, 5.41) is -2.85. The highest BCUT2D eigenvalue weighted by molar-refractivity contribution is 8.05. The van der Waals surface area contributed by atoms with E-state index in [2.05, 4.69) is 0 Å². The average molecular weight is 645 g/mol. The van der Waals surface area contributed by atoms with Crippen LogP contribution in [-0.2, 0) is 38.1 Å². The lowest BCUT2D eigenvalue weighted by Gasteiger charge is -2.20. The highest BCUT2D eigenvalue weighted by atomic mass is 32.2. The molecule has 0 bridgehead atoms. The molecule has 0 aliphatic rings. The molecule has 1 aromatic heterocycles. The van der Waals surface area contributed by atoms with Gasteiger partial charge < -0.3 is 18.9 Å². The zero-order chi connectivity index (χ0) is 31.4. The van der Waals surface area contributed by atoms with Crippen LogP contribution in [-0.4, -0.2) is 60.8 Å². The molecule has 0 spiro atoms. The lowest BCUT2D eigenvalue weighted by atomic mass is 10.0. The maximum Gasteiger partial charge on any atom is 0.331 e. The fraction of sp³-hybridized carbons (Fsp3) is 0.323. The Hall–Kier alpha value is -3.61. The van der Waals surface area contributed by atoms with Crippen molar-refractivity contribution in [1.82, 2.24) is 0 Å². The molecule has 1 heterocycles. The zero-order valence-corrected chi connectivity index (χ0v) is 26.6. The van der Waals surface area contributed by atoms with Crippen LogP contribution >= 0.6 is 34.9 Å². The van der Waals surface area contributed by atoms with E-state index in [-0.39, 0.29) is 37.6 Å². The number of thioether (sulfide) groups is 2. The molecule has 0 fully saturated rings. The first-order valence-electron chi connectivity index (χ1n) is 13.6. The van der Waals surface area contributed by atoms with Gasteiger partial charge in [0.2, 0.25) is 10.5 Å². The molecule has 9 nitrogen and oxygen atoms in total. The summed E-state index contributed by atoms with van der Waals surface area (Å²) in [4.78, 5) is 66.2. The van der Waals surface area contributed by atoms with E-state index in [1.165, 1.54) is 0 Å². The predicted octanol–water partition coefficient (Wildman–Crippen LogP) is 5.62. The zero-order valence-electron chi connectivity index (χ0n) is 24.2. The minimum absolute atomic E-state index is 0.0336. The van der Waals surface area contributed by atoms with Gasteiger partial charge in [-0.15, -0.1) is 11.3 Å². The maximum absolute atomic E-state index is 14.5. The van der Waals surface area contributed by atoms with Crippen molar-refractivity contribution in [2.75, 3.05) is 26.4 Å². The summed E-state index contributed by atoms with van der Waals surface area (Å²) >= 11 is 2.73. The van der Waals surface area contributed by atoms with Gasteiger partial charge in [-0.25, -0.2) is 0 Å². The van der Waals surface area contributed by atoms with Crippen LogP contribution in [0.25, 0.3) is 22.3 Å². The van der Waals surface area contributed by atoms with Crippen LogP contribution in [0.2, 0.25) is 0 Å². The topological polar surface area (TPSA) is 122 Å². The molecule has 43 heavy (non-hydrogen) atoms. The van der Waals surface area contributed by atoms with Crippen molar-refractivity contribution in [1.29, 1.82) is 0 Å². The minimum Gasteiger partial charge on any atom is -0.465 e. The molecule has 0 unspecified atom stereocenters. The van der Waals surface area contributed by atoms with Gasteiger partial charge >= 0.3 is 23.9 Å². The van der Waals surface area contributed by atoms with Crippen molar-refractivity contribution in [3.8, 4) is 22.3 Å². The Morgan fingerprint density at radius 3 is 1.16 bits per heavy atom. The van der Waals surface area contributed by atoms with Gasteiger partial charge in [0, 0.05) is 0 Å². The molecule has 0 amide bonds. The third kappa shape index (κ3) is 8.71. The van der Waals surface area contributed by atoms with Gasteiger partial charge in [0.15, 0.2) is 5.43 Å². The van der Waals surface area contributed by atoms with Crippen LogP contribution in [0, 0.1) is 0 Å². The fourth-order valence-electron chi connectivity index (χ4n) is 3.84. The fourth-order valence-corrected chi connectivity index (χ4v) is 8.00. The lowest BCUT2D eigenvalue weighted by molar-refractivity contribution is -0.154. The summed E-state index contributed by atoms with van der Waals surface area (Å²) in [6.45, 7) is 6.61. The van der Waals surface area contributed by atoms with Gasteiger partial charge in [-0.2, -0.15) is 0 Å². The molecule has 0 radical (unpaired) electrons.